The number of amides is 1. The van der Waals surface area contributed by atoms with Gasteiger partial charge in [-0.2, -0.15) is 0 Å². The smallest absolute Gasteiger partial charge is 0.305 e. The van der Waals surface area contributed by atoms with E-state index in [0.717, 1.165) is 24.0 Å². The molecule has 0 fully saturated rings. The van der Waals surface area contributed by atoms with Crippen LogP contribution in [0.25, 0.3) is 0 Å². The molecule has 39 heavy (non-hydrogen) atoms. The Labute approximate surface area is 234 Å². The summed E-state index contributed by atoms with van der Waals surface area (Å²) in [5.41, 5.74) is 2.68. The van der Waals surface area contributed by atoms with Gasteiger partial charge in [-0.1, -0.05) is 55.6 Å². The molecule has 0 aliphatic rings. The first kappa shape index (κ1) is 30.0. The molecule has 0 aliphatic heterocycles. The van der Waals surface area contributed by atoms with E-state index in [9.17, 15) is 19.5 Å². The van der Waals surface area contributed by atoms with Gasteiger partial charge in [0.25, 0.3) is 5.56 Å². The summed E-state index contributed by atoms with van der Waals surface area (Å²) in [5.74, 6) is -0.848. The minimum Gasteiger partial charge on any atom is -0.491 e. The Morgan fingerprint density at radius 3 is 2.51 bits per heavy atom. The Hall–Kier alpha value is -3.58. The monoisotopic (exact) mass is 552 g/mol. The molecular formula is C31H37ClN2O5. The average Bonchev–Trinajstić information content (AvgIpc) is 2.86. The van der Waals surface area contributed by atoms with Crippen molar-refractivity contribution in [2.24, 2.45) is 0 Å². The standard InChI is InChI=1S/C31H37ClN2O5/c1-5-6-13-28(34-19-21(4)14-24(31(34)38)15-22-9-7-11-25(32)16-22)30(37)33-27(18-29(35)36)23-10-8-12-26(17-23)39-20(2)3/h7-12,14,16-17,19-20,27-28H,5-6,13,15,18H2,1-4H3,(H,33,37)(H,35,36)/t27-,28?/m0/s1. The minimum atomic E-state index is -1.04. The van der Waals surface area contributed by atoms with E-state index in [1.54, 1.807) is 36.5 Å². The summed E-state index contributed by atoms with van der Waals surface area (Å²) in [4.78, 5) is 39.1. The number of benzene rings is 2. The topological polar surface area (TPSA) is 97.6 Å². The van der Waals surface area contributed by atoms with Crippen molar-refractivity contribution in [3.8, 4) is 5.75 Å². The summed E-state index contributed by atoms with van der Waals surface area (Å²) in [5, 5.41) is 13.1. The van der Waals surface area contributed by atoms with Crippen LogP contribution in [0, 0.1) is 6.92 Å². The number of pyridine rings is 1. The van der Waals surface area contributed by atoms with Crippen LogP contribution in [0.3, 0.4) is 0 Å². The SMILES string of the molecule is CCCCC(C(=O)N[C@@H](CC(=O)O)c1cccc(OC(C)C)c1)n1cc(C)cc(Cc2cccc(Cl)c2)c1=O. The molecule has 8 heteroatoms. The number of unbranched alkanes of at least 4 members (excludes halogenated alkanes) is 1. The molecule has 208 valence electrons. The number of aliphatic carboxylic acids is 1. The van der Waals surface area contributed by atoms with Crippen LogP contribution in [-0.4, -0.2) is 27.7 Å². The lowest BCUT2D eigenvalue weighted by Crippen LogP contribution is -2.40. The van der Waals surface area contributed by atoms with Crippen LogP contribution in [0.2, 0.25) is 5.02 Å². The Morgan fingerprint density at radius 1 is 1.10 bits per heavy atom. The zero-order chi connectivity index (χ0) is 28.5. The van der Waals surface area contributed by atoms with Crippen LogP contribution in [0.5, 0.6) is 5.75 Å². The normalized spacial score (nSPS) is 12.7. The van der Waals surface area contributed by atoms with Crippen molar-refractivity contribution in [3.05, 3.63) is 98.4 Å². The number of carbonyl (C=O) groups is 2. The summed E-state index contributed by atoms with van der Waals surface area (Å²) >= 11 is 6.15. The number of carboxylic acid groups (broad SMARTS) is 1. The van der Waals surface area contributed by atoms with Crippen LogP contribution in [0.1, 0.15) is 80.8 Å². The van der Waals surface area contributed by atoms with Gasteiger partial charge in [0.2, 0.25) is 5.91 Å². The van der Waals surface area contributed by atoms with Crippen LogP contribution in [0.15, 0.2) is 65.6 Å². The second kappa shape index (κ2) is 14.0. The molecule has 2 aromatic carbocycles. The largest absolute Gasteiger partial charge is 0.491 e. The lowest BCUT2D eigenvalue weighted by Gasteiger charge is -2.25. The number of ether oxygens (including phenoxy) is 1. The Balaban J connectivity index is 1.96. The Kier molecular flexibility index (Phi) is 10.8. The maximum Gasteiger partial charge on any atom is 0.305 e. The highest BCUT2D eigenvalue weighted by Crippen LogP contribution is 2.25. The second-order valence-electron chi connectivity index (χ2n) is 10.1. The zero-order valence-corrected chi connectivity index (χ0v) is 23.7. The van der Waals surface area contributed by atoms with E-state index in [1.165, 1.54) is 4.57 Å². The number of hydrogen-bond acceptors (Lipinski definition) is 4. The third-order valence-corrected chi connectivity index (χ3v) is 6.57. The van der Waals surface area contributed by atoms with Gasteiger partial charge in [-0.3, -0.25) is 14.4 Å². The molecular weight excluding hydrogens is 516 g/mol. The first-order valence-electron chi connectivity index (χ1n) is 13.3. The lowest BCUT2D eigenvalue weighted by atomic mass is 10.0. The van der Waals surface area contributed by atoms with E-state index in [4.69, 9.17) is 16.3 Å². The molecule has 0 saturated heterocycles. The molecule has 1 heterocycles. The van der Waals surface area contributed by atoms with E-state index in [0.29, 0.717) is 34.7 Å². The van der Waals surface area contributed by atoms with Crippen LogP contribution in [-0.2, 0) is 16.0 Å². The predicted molar refractivity (Wildman–Crippen MR) is 154 cm³/mol. The molecule has 0 spiro atoms. The predicted octanol–water partition coefficient (Wildman–Crippen LogP) is 6.25. The quantitative estimate of drug-likeness (QED) is 0.261. The van der Waals surface area contributed by atoms with Crippen LogP contribution in [0.4, 0.5) is 0 Å². The number of nitrogens with zero attached hydrogens (tertiary/aromatic N) is 1. The van der Waals surface area contributed by atoms with Gasteiger partial charge >= 0.3 is 5.97 Å². The number of carbonyl (C=O) groups excluding carboxylic acids is 1. The van der Waals surface area contributed by atoms with E-state index < -0.39 is 24.0 Å². The van der Waals surface area contributed by atoms with Crippen molar-refractivity contribution in [1.29, 1.82) is 0 Å². The van der Waals surface area contributed by atoms with Gasteiger partial charge in [0.05, 0.1) is 18.6 Å². The van der Waals surface area contributed by atoms with E-state index in [2.05, 4.69) is 5.32 Å². The zero-order valence-electron chi connectivity index (χ0n) is 22.9. The van der Waals surface area contributed by atoms with Gasteiger partial charge in [0, 0.05) is 23.2 Å². The highest BCUT2D eigenvalue weighted by atomic mass is 35.5. The number of carboxylic acids is 1. The Bertz CT molecular complexity index is 1350. The van der Waals surface area contributed by atoms with Crippen molar-refractivity contribution in [2.75, 3.05) is 0 Å². The first-order chi connectivity index (χ1) is 18.6. The summed E-state index contributed by atoms with van der Waals surface area (Å²) in [6.45, 7) is 7.72. The van der Waals surface area contributed by atoms with Gasteiger partial charge < -0.3 is 19.7 Å². The second-order valence-corrected chi connectivity index (χ2v) is 10.6. The number of aromatic nitrogens is 1. The molecule has 2 atom stereocenters. The van der Waals surface area contributed by atoms with Crippen molar-refractivity contribution >= 4 is 23.5 Å². The molecule has 1 amide bonds. The average molecular weight is 553 g/mol. The molecule has 0 aliphatic carbocycles. The summed E-state index contributed by atoms with van der Waals surface area (Å²) in [6, 6.07) is 14.7. The van der Waals surface area contributed by atoms with Gasteiger partial charge in [-0.15, -0.1) is 0 Å². The molecule has 1 aromatic heterocycles. The fourth-order valence-corrected chi connectivity index (χ4v) is 4.82. The fourth-order valence-electron chi connectivity index (χ4n) is 4.61. The molecule has 0 radical (unpaired) electrons. The van der Waals surface area contributed by atoms with Crippen LogP contribution >= 0.6 is 11.6 Å². The third-order valence-electron chi connectivity index (χ3n) is 6.33. The molecule has 7 nitrogen and oxygen atoms in total. The highest BCUT2D eigenvalue weighted by Gasteiger charge is 2.27. The van der Waals surface area contributed by atoms with Crippen molar-refractivity contribution in [3.63, 3.8) is 0 Å². The number of hydrogen-bond donors (Lipinski definition) is 2. The van der Waals surface area contributed by atoms with Gasteiger partial charge in [0.1, 0.15) is 11.8 Å². The molecule has 3 rings (SSSR count). The third kappa shape index (κ3) is 8.72. The molecule has 2 N–H and O–H groups in total. The van der Waals surface area contributed by atoms with Crippen molar-refractivity contribution < 1.29 is 19.4 Å². The van der Waals surface area contributed by atoms with Crippen molar-refractivity contribution in [2.45, 2.75) is 78.0 Å². The van der Waals surface area contributed by atoms with Crippen molar-refractivity contribution in [1.82, 2.24) is 9.88 Å². The van der Waals surface area contributed by atoms with E-state index in [1.807, 2.05) is 52.0 Å². The molecule has 0 bridgehead atoms. The maximum atomic E-state index is 13.7. The summed E-state index contributed by atoms with van der Waals surface area (Å²) in [7, 11) is 0. The number of aryl methyl sites for hydroxylation is 1. The van der Waals surface area contributed by atoms with E-state index >= 15 is 0 Å². The molecule has 1 unspecified atom stereocenters. The summed E-state index contributed by atoms with van der Waals surface area (Å²) in [6.07, 6.45) is 3.73. The maximum absolute atomic E-state index is 13.7. The molecule has 3 aromatic rings. The number of nitrogens with one attached hydrogen (secondary N) is 1. The Morgan fingerprint density at radius 2 is 1.85 bits per heavy atom. The highest BCUT2D eigenvalue weighted by molar-refractivity contribution is 6.30. The lowest BCUT2D eigenvalue weighted by molar-refractivity contribution is -0.138. The van der Waals surface area contributed by atoms with Crippen LogP contribution < -0.4 is 15.6 Å². The first-order valence-corrected chi connectivity index (χ1v) is 13.7. The minimum absolute atomic E-state index is 0.0551. The van der Waals surface area contributed by atoms with Gasteiger partial charge in [0.15, 0.2) is 0 Å². The molecule has 0 saturated carbocycles. The van der Waals surface area contributed by atoms with Gasteiger partial charge in [-0.05, 0) is 74.2 Å². The van der Waals surface area contributed by atoms with E-state index in [-0.39, 0.29) is 18.1 Å². The number of rotatable bonds is 13. The number of halogens is 1. The van der Waals surface area contributed by atoms with Gasteiger partial charge in [-0.25, -0.2) is 0 Å². The fraction of sp³-hybridized carbons (Fsp3) is 0.387. The summed E-state index contributed by atoms with van der Waals surface area (Å²) < 4.78 is 7.27.